The number of hydrogen-bond acceptors (Lipinski definition) is 4. The maximum absolute atomic E-state index is 13.0. The quantitative estimate of drug-likeness (QED) is 0.619. The Bertz CT molecular complexity index is 922. The van der Waals surface area contributed by atoms with Crippen molar-refractivity contribution in [3.05, 3.63) is 53.6 Å². The van der Waals surface area contributed by atoms with Crippen molar-refractivity contribution in [1.82, 2.24) is 4.98 Å². The molecule has 0 radical (unpaired) electrons. The monoisotopic (exact) mass is 400 g/mol. The molecule has 0 spiro atoms. The molecule has 0 saturated heterocycles. The number of rotatable bonds is 7. The summed E-state index contributed by atoms with van der Waals surface area (Å²) < 4.78 is 1.15. The zero-order valence-electron chi connectivity index (χ0n) is 16.3. The fraction of sp³-hybridized carbons (Fsp3) is 0.333. The van der Waals surface area contributed by atoms with Crippen molar-refractivity contribution in [2.75, 3.05) is 37.8 Å². The van der Waals surface area contributed by atoms with E-state index in [1.165, 1.54) is 10.5 Å². The standard InChI is InChI=1S/C21H25N3OS2/c1-15-12-16(2)20-18(13-15)27-21(22-20)24(11-10-23(3)4)19(25)14-26-17-8-6-5-7-9-17/h5-9,12-13H,10-11,14H2,1-4H3/p+1. The minimum absolute atomic E-state index is 0.110. The van der Waals surface area contributed by atoms with Gasteiger partial charge in [0, 0.05) is 4.90 Å². The van der Waals surface area contributed by atoms with E-state index in [1.807, 2.05) is 35.2 Å². The van der Waals surface area contributed by atoms with Crippen LogP contribution in [0.1, 0.15) is 11.1 Å². The summed E-state index contributed by atoms with van der Waals surface area (Å²) in [5, 5.41) is 0.804. The summed E-state index contributed by atoms with van der Waals surface area (Å²) in [6, 6.07) is 14.4. The van der Waals surface area contributed by atoms with Crippen LogP contribution in [0.25, 0.3) is 10.2 Å². The zero-order valence-corrected chi connectivity index (χ0v) is 17.9. The van der Waals surface area contributed by atoms with E-state index in [4.69, 9.17) is 4.98 Å². The molecule has 27 heavy (non-hydrogen) atoms. The third-order valence-corrected chi connectivity index (χ3v) is 6.31. The van der Waals surface area contributed by atoms with Gasteiger partial charge < -0.3 is 4.90 Å². The third kappa shape index (κ3) is 5.09. The first kappa shape index (κ1) is 19.9. The lowest BCUT2D eigenvalue weighted by Gasteiger charge is -2.20. The number of amides is 1. The molecule has 1 N–H and O–H groups in total. The Morgan fingerprint density at radius 2 is 1.93 bits per heavy atom. The largest absolute Gasteiger partial charge is 0.338 e. The number of benzene rings is 2. The maximum Gasteiger partial charge on any atom is 0.239 e. The Labute approximate surface area is 169 Å². The van der Waals surface area contributed by atoms with Crippen LogP contribution in [0.3, 0.4) is 0 Å². The number of thioether (sulfide) groups is 1. The van der Waals surface area contributed by atoms with E-state index in [-0.39, 0.29) is 5.91 Å². The molecule has 0 bridgehead atoms. The Morgan fingerprint density at radius 1 is 1.19 bits per heavy atom. The highest BCUT2D eigenvalue weighted by Crippen LogP contribution is 2.32. The number of fused-ring (bicyclic) bond motifs is 1. The Kier molecular flexibility index (Phi) is 6.52. The highest BCUT2D eigenvalue weighted by molar-refractivity contribution is 8.00. The minimum atomic E-state index is 0.110. The molecule has 0 unspecified atom stereocenters. The predicted octanol–water partition coefficient (Wildman–Crippen LogP) is 3.18. The molecule has 0 aliphatic carbocycles. The van der Waals surface area contributed by atoms with E-state index >= 15 is 0 Å². The lowest BCUT2D eigenvalue weighted by atomic mass is 10.1. The molecule has 3 rings (SSSR count). The smallest absolute Gasteiger partial charge is 0.239 e. The van der Waals surface area contributed by atoms with Crippen LogP contribution in [0, 0.1) is 13.8 Å². The summed E-state index contributed by atoms with van der Waals surface area (Å²) in [5.41, 5.74) is 3.40. The predicted molar refractivity (Wildman–Crippen MR) is 116 cm³/mol. The Hall–Kier alpha value is -1.89. The van der Waals surface area contributed by atoms with E-state index in [0.29, 0.717) is 12.3 Å². The molecule has 1 heterocycles. The number of thiazole rings is 1. The molecule has 1 aromatic heterocycles. The van der Waals surface area contributed by atoms with Gasteiger partial charge in [0.15, 0.2) is 5.13 Å². The van der Waals surface area contributed by atoms with Gasteiger partial charge in [0.25, 0.3) is 0 Å². The van der Waals surface area contributed by atoms with Crippen LogP contribution in [0.5, 0.6) is 0 Å². The first-order valence-electron chi connectivity index (χ1n) is 9.09. The van der Waals surface area contributed by atoms with Crippen LogP contribution in [0.4, 0.5) is 5.13 Å². The van der Waals surface area contributed by atoms with Gasteiger partial charge in [-0.15, -0.1) is 11.8 Å². The summed E-state index contributed by atoms with van der Waals surface area (Å²) in [6.07, 6.45) is 0. The van der Waals surface area contributed by atoms with Gasteiger partial charge in [0.05, 0.1) is 43.2 Å². The van der Waals surface area contributed by atoms with E-state index in [2.05, 4.69) is 40.1 Å². The molecule has 1 amide bonds. The fourth-order valence-corrected chi connectivity index (χ4v) is 4.86. The van der Waals surface area contributed by atoms with E-state index < -0.39 is 0 Å². The number of likely N-dealkylation sites (N-methyl/N-ethyl adjacent to an activating group) is 1. The van der Waals surface area contributed by atoms with Crippen molar-refractivity contribution in [2.45, 2.75) is 18.7 Å². The summed E-state index contributed by atoms with van der Waals surface area (Å²) in [4.78, 5) is 22.1. The van der Waals surface area contributed by atoms with Crippen LogP contribution in [-0.2, 0) is 4.79 Å². The SMILES string of the molecule is Cc1cc(C)c2nc(N(CC[NH+](C)C)C(=O)CSc3ccccc3)sc2c1. The summed E-state index contributed by atoms with van der Waals surface area (Å²) in [6.45, 7) is 5.74. The van der Waals surface area contributed by atoms with E-state index in [1.54, 1.807) is 23.1 Å². The molecule has 0 aliphatic heterocycles. The van der Waals surface area contributed by atoms with Crippen molar-refractivity contribution < 1.29 is 9.69 Å². The lowest BCUT2D eigenvalue weighted by molar-refractivity contribution is -0.856. The van der Waals surface area contributed by atoms with Gasteiger partial charge in [-0.2, -0.15) is 0 Å². The van der Waals surface area contributed by atoms with Crippen LogP contribution in [-0.4, -0.2) is 43.8 Å². The zero-order chi connectivity index (χ0) is 19.4. The molecule has 4 nitrogen and oxygen atoms in total. The minimum Gasteiger partial charge on any atom is -0.338 e. The van der Waals surface area contributed by atoms with Gasteiger partial charge >= 0.3 is 0 Å². The van der Waals surface area contributed by atoms with Gasteiger partial charge in [-0.1, -0.05) is 35.6 Å². The second-order valence-electron chi connectivity index (χ2n) is 7.03. The number of carbonyl (C=O) groups excluding carboxylic acids is 1. The number of hydrogen-bond donors (Lipinski definition) is 1. The second kappa shape index (κ2) is 8.87. The number of nitrogens with one attached hydrogen (secondary N) is 1. The van der Waals surface area contributed by atoms with Crippen molar-refractivity contribution in [3.63, 3.8) is 0 Å². The van der Waals surface area contributed by atoms with E-state index in [9.17, 15) is 4.79 Å². The lowest BCUT2D eigenvalue weighted by Crippen LogP contribution is -3.06. The van der Waals surface area contributed by atoms with Gasteiger partial charge in [-0.3, -0.25) is 9.69 Å². The molecule has 0 fully saturated rings. The van der Waals surface area contributed by atoms with Crippen molar-refractivity contribution >= 4 is 44.4 Å². The van der Waals surface area contributed by atoms with Crippen molar-refractivity contribution in [2.24, 2.45) is 0 Å². The molecular formula is C21H26N3OS2+. The topological polar surface area (TPSA) is 37.6 Å². The Balaban J connectivity index is 1.84. The third-order valence-electron chi connectivity index (χ3n) is 4.29. The summed E-state index contributed by atoms with van der Waals surface area (Å²) in [7, 11) is 4.21. The number of aromatic nitrogens is 1. The molecule has 0 aliphatic rings. The van der Waals surface area contributed by atoms with E-state index in [0.717, 1.165) is 32.4 Å². The number of nitrogens with zero attached hydrogens (tertiary/aromatic N) is 2. The van der Waals surface area contributed by atoms with Gasteiger partial charge in [-0.25, -0.2) is 4.98 Å². The number of quaternary nitrogens is 1. The molecular weight excluding hydrogens is 374 g/mol. The fourth-order valence-electron chi connectivity index (χ4n) is 2.88. The maximum atomic E-state index is 13.0. The summed E-state index contributed by atoms with van der Waals surface area (Å²) in [5.74, 6) is 0.527. The van der Waals surface area contributed by atoms with Crippen LogP contribution in [0.15, 0.2) is 47.4 Å². The van der Waals surface area contributed by atoms with Crippen LogP contribution in [0.2, 0.25) is 0 Å². The molecule has 0 saturated carbocycles. The molecule has 2 aromatic carbocycles. The number of aryl methyl sites for hydroxylation is 2. The number of anilines is 1. The first-order valence-corrected chi connectivity index (χ1v) is 10.9. The van der Waals surface area contributed by atoms with Crippen molar-refractivity contribution in [3.8, 4) is 0 Å². The first-order chi connectivity index (χ1) is 12.9. The molecule has 142 valence electrons. The normalized spacial score (nSPS) is 11.3. The highest BCUT2D eigenvalue weighted by Gasteiger charge is 2.21. The van der Waals surface area contributed by atoms with Gasteiger partial charge in [0.2, 0.25) is 5.91 Å². The second-order valence-corrected chi connectivity index (χ2v) is 9.09. The highest BCUT2D eigenvalue weighted by atomic mass is 32.2. The molecule has 3 aromatic rings. The van der Waals surface area contributed by atoms with Crippen LogP contribution >= 0.6 is 23.1 Å². The van der Waals surface area contributed by atoms with Gasteiger partial charge in [0.1, 0.15) is 0 Å². The average Bonchev–Trinajstić information content (AvgIpc) is 3.04. The average molecular weight is 401 g/mol. The molecule has 0 atom stereocenters. The summed E-state index contributed by atoms with van der Waals surface area (Å²) >= 11 is 3.19. The van der Waals surface area contributed by atoms with Gasteiger partial charge in [-0.05, 0) is 43.2 Å². The Morgan fingerprint density at radius 3 is 2.63 bits per heavy atom. The molecule has 6 heteroatoms. The number of carbonyl (C=O) groups is 1. The van der Waals surface area contributed by atoms with Crippen LogP contribution < -0.4 is 9.80 Å². The van der Waals surface area contributed by atoms with Crippen molar-refractivity contribution in [1.29, 1.82) is 0 Å².